The number of furan rings is 2. The monoisotopic (exact) mass is 693 g/mol. The Morgan fingerprint density at radius 3 is 1.85 bits per heavy atom. The summed E-state index contributed by atoms with van der Waals surface area (Å²) in [5, 5.41) is 10.2. The molecule has 0 radical (unpaired) electrons. The lowest BCUT2D eigenvalue weighted by atomic mass is 9.96. The van der Waals surface area contributed by atoms with E-state index in [0.29, 0.717) is 0 Å². The van der Waals surface area contributed by atoms with E-state index in [1.807, 2.05) is 36.4 Å². The highest BCUT2D eigenvalue weighted by Gasteiger charge is 2.26. The smallest absolute Gasteiger partial charge is 0.170 e. The van der Waals surface area contributed by atoms with Crippen molar-refractivity contribution < 1.29 is 8.83 Å². The molecule has 54 heavy (non-hydrogen) atoms. The second-order valence-corrected chi connectivity index (χ2v) is 13.8. The molecular weight excluding hydrogens is 663 g/mol. The minimum absolute atomic E-state index is 0.535. The average molecular weight is 694 g/mol. The van der Waals surface area contributed by atoms with Gasteiger partial charge in [-0.2, -0.15) is 0 Å². The molecule has 11 rings (SSSR count). The Labute approximate surface area is 310 Å². The molecule has 0 spiro atoms. The summed E-state index contributed by atoms with van der Waals surface area (Å²) in [4.78, 5) is 10.7. The van der Waals surface area contributed by atoms with Gasteiger partial charge < -0.3 is 14.2 Å². The second-order valence-electron chi connectivity index (χ2n) is 13.8. The molecule has 1 N–H and O–H groups in total. The zero-order valence-electron chi connectivity index (χ0n) is 29.0. The van der Waals surface area contributed by atoms with Gasteiger partial charge in [0.1, 0.15) is 34.0 Å². The maximum absolute atomic E-state index is 6.72. The quantitative estimate of drug-likeness (QED) is 0.195. The zero-order chi connectivity index (χ0) is 35.6. The summed E-state index contributed by atoms with van der Waals surface area (Å²) in [5.74, 6) is 1.53. The lowest BCUT2D eigenvalue weighted by molar-refractivity contribution is 0.667. The average Bonchev–Trinajstić information content (AvgIpc) is 3.82. The first-order chi connectivity index (χ1) is 26.7. The standard InChI is InChI=1S/C49H31N3O2/c1-2-10-30(11-3-1)32-18-21-33(22-19-32)47-50-48(36-23-20-31-12-4-5-13-34(31)28-36)52-49(51-47)41-27-26-37(46-45(41)40-15-7-9-17-43(40)54-46)35-24-25-39-38-14-6-8-16-42(38)53-44(39)29-35/h1-29,49H,(H,50,51,52). The number of amidine groups is 2. The molecule has 8 aromatic carbocycles. The van der Waals surface area contributed by atoms with Gasteiger partial charge in [0.05, 0.1) is 0 Å². The van der Waals surface area contributed by atoms with Crippen LogP contribution in [0.1, 0.15) is 22.9 Å². The lowest BCUT2D eigenvalue weighted by Gasteiger charge is -2.23. The van der Waals surface area contributed by atoms with Crippen LogP contribution < -0.4 is 5.32 Å². The molecule has 0 fully saturated rings. The summed E-state index contributed by atoms with van der Waals surface area (Å²) in [7, 11) is 0. The summed E-state index contributed by atoms with van der Waals surface area (Å²) >= 11 is 0. The molecule has 1 atom stereocenters. The van der Waals surface area contributed by atoms with Gasteiger partial charge in [-0.1, -0.05) is 146 Å². The molecule has 1 aliphatic heterocycles. The largest absolute Gasteiger partial charge is 0.456 e. The molecule has 254 valence electrons. The lowest BCUT2D eigenvalue weighted by Crippen LogP contribution is -2.36. The van der Waals surface area contributed by atoms with Crippen molar-refractivity contribution >= 4 is 66.3 Å². The van der Waals surface area contributed by atoms with Gasteiger partial charge in [-0.3, -0.25) is 0 Å². The van der Waals surface area contributed by atoms with E-state index >= 15 is 0 Å². The van der Waals surface area contributed by atoms with Crippen LogP contribution in [0, 0.1) is 0 Å². The van der Waals surface area contributed by atoms with E-state index in [1.165, 1.54) is 10.9 Å². The first-order valence-corrected chi connectivity index (χ1v) is 18.2. The number of aliphatic imine (C=N–C) groups is 2. The number of para-hydroxylation sites is 2. The van der Waals surface area contributed by atoms with Gasteiger partial charge in [0, 0.05) is 43.8 Å². The molecule has 0 aliphatic carbocycles. The van der Waals surface area contributed by atoms with E-state index < -0.39 is 6.17 Å². The van der Waals surface area contributed by atoms with Crippen molar-refractivity contribution in [3.63, 3.8) is 0 Å². The molecule has 3 heterocycles. The molecule has 5 heteroatoms. The van der Waals surface area contributed by atoms with Gasteiger partial charge in [0.15, 0.2) is 6.17 Å². The maximum atomic E-state index is 6.72. The van der Waals surface area contributed by atoms with E-state index in [0.717, 1.165) is 94.3 Å². The number of rotatable bonds is 5. The van der Waals surface area contributed by atoms with E-state index in [4.69, 9.17) is 18.8 Å². The van der Waals surface area contributed by atoms with E-state index in [1.54, 1.807) is 0 Å². The third kappa shape index (κ3) is 5.01. The van der Waals surface area contributed by atoms with Gasteiger partial charge in [-0.15, -0.1) is 0 Å². The minimum Gasteiger partial charge on any atom is -0.456 e. The highest BCUT2D eigenvalue weighted by Crippen LogP contribution is 2.43. The molecule has 1 aliphatic rings. The van der Waals surface area contributed by atoms with Crippen LogP contribution >= 0.6 is 0 Å². The predicted molar refractivity (Wildman–Crippen MR) is 221 cm³/mol. The van der Waals surface area contributed by atoms with Crippen LogP contribution in [0.25, 0.3) is 76.9 Å². The summed E-state index contributed by atoms with van der Waals surface area (Å²) in [6.45, 7) is 0. The van der Waals surface area contributed by atoms with E-state index in [2.05, 4.69) is 145 Å². The van der Waals surface area contributed by atoms with Crippen molar-refractivity contribution in [2.45, 2.75) is 6.17 Å². The van der Waals surface area contributed by atoms with Gasteiger partial charge in [-0.25, -0.2) is 9.98 Å². The topological polar surface area (TPSA) is 63.0 Å². The van der Waals surface area contributed by atoms with Crippen molar-refractivity contribution in [3.05, 3.63) is 193 Å². The summed E-state index contributed by atoms with van der Waals surface area (Å²) < 4.78 is 13.0. The van der Waals surface area contributed by atoms with Crippen molar-refractivity contribution in [1.29, 1.82) is 0 Å². The normalized spacial score (nSPS) is 14.5. The van der Waals surface area contributed by atoms with Crippen LogP contribution in [0.3, 0.4) is 0 Å². The molecule has 1 unspecified atom stereocenters. The number of hydrogen-bond donors (Lipinski definition) is 1. The summed E-state index contributed by atoms with van der Waals surface area (Å²) in [5.41, 5.74) is 10.6. The van der Waals surface area contributed by atoms with E-state index in [-0.39, 0.29) is 0 Å². The fourth-order valence-corrected chi connectivity index (χ4v) is 7.86. The molecule has 0 saturated carbocycles. The third-order valence-corrected chi connectivity index (χ3v) is 10.6. The highest BCUT2D eigenvalue weighted by molar-refractivity contribution is 6.18. The van der Waals surface area contributed by atoms with E-state index in [9.17, 15) is 0 Å². The van der Waals surface area contributed by atoms with Crippen LogP contribution in [0.5, 0.6) is 0 Å². The number of benzene rings is 8. The Kier molecular flexibility index (Phi) is 6.85. The fraction of sp³-hybridized carbons (Fsp3) is 0.0204. The summed E-state index contributed by atoms with van der Waals surface area (Å²) in [6.07, 6.45) is -0.535. The Morgan fingerprint density at radius 1 is 0.407 bits per heavy atom. The Morgan fingerprint density at radius 2 is 1.02 bits per heavy atom. The highest BCUT2D eigenvalue weighted by atomic mass is 16.3. The van der Waals surface area contributed by atoms with Crippen LogP contribution in [0.4, 0.5) is 0 Å². The molecule has 10 aromatic rings. The van der Waals surface area contributed by atoms with Gasteiger partial charge in [-0.05, 0) is 57.8 Å². The number of nitrogens with zero attached hydrogens (tertiary/aromatic N) is 2. The molecule has 0 bridgehead atoms. The van der Waals surface area contributed by atoms with Crippen molar-refractivity contribution in [2.75, 3.05) is 0 Å². The van der Waals surface area contributed by atoms with Crippen molar-refractivity contribution in [3.8, 4) is 22.3 Å². The van der Waals surface area contributed by atoms with Crippen LogP contribution in [-0.4, -0.2) is 11.7 Å². The van der Waals surface area contributed by atoms with Gasteiger partial charge >= 0.3 is 0 Å². The first-order valence-electron chi connectivity index (χ1n) is 18.2. The van der Waals surface area contributed by atoms with Crippen LogP contribution in [0.15, 0.2) is 195 Å². The molecule has 2 aromatic heterocycles. The van der Waals surface area contributed by atoms with Crippen molar-refractivity contribution in [1.82, 2.24) is 5.32 Å². The van der Waals surface area contributed by atoms with Gasteiger partial charge in [0.2, 0.25) is 0 Å². The van der Waals surface area contributed by atoms with Gasteiger partial charge in [0.25, 0.3) is 0 Å². The molecule has 0 amide bonds. The van der Waals surface area contributed by atoms with Crippen LogP contribution in [0.2, 0.25) is 0 Å². The summed E-state index contributed by atoms with van der Waals surface area (Å²) in [6, 6.07) is 61.0. The SMILES string of the molecule is c1ccc(-c2ccc(C3=NC(c4ccc(-c5ccc6c(c5)oc5ccccc56)c5oc6ccccc6c45)N=C(c4ccc5ccccc5c4)N3)cc2)cc1. The Hall–Kier alpha value is -7.24. The van der Waals surface area contributed by atoms with Crippen molar-refractivity contribution in [2.24, 2.45) is 9.98 Å². The number of fused-ring (bicyclic) bond motifs is 7. The molecule has 5 nitrogen and oxygen atoms in total. The molecule has 0 saturated heterocycles. The number of nitrogens with one attached hydrogen (secondary N) is 1. The third-order valence-electron chi connectivity index (χ3n) is 10.6. The Bertz CT molecular complexity index is 3130. The fourth-order valence-electron chi connectivity index (χ4n) is 7.86. The van der Waals surface area contributed by atoms with Crippen LogP contribution in [-0.2, 0) is 0 Å². The minimum atomic E-state index is -0.535. The Balaban J connectivity index is 1.09. The first kappa shape index (κ1) is 30.4. The number of hydrogen-bond acceptors (Lipinski definition) is 5. The maximum Gasteiger partial charge on any atom is 0.170 e. The molecular formula is C49H31N3O2. The zero-order valence-corrected chi connectivity index (χ0v) is 29.0. The predicted octanol–water partition coefficient (Wildman–Crippen LogP) is 12.5. The second kappa shape index (κ2) is 12.2.